The Morgan fingerprint density at radius 2 is 2.22 bits per heavy atom. The average molecular weight is 251 g/mol. The fraction of sp³-hybridized carbons (Fsp3) is 0.583. The second-order valence-electron chi connectivity index (χ2n) is 4.68. The van der Waals surface area contributed by atoms with Gasteiger partial charge in [0.1, 0.15) is 0 Å². The largest absolute Gasteiger partial charge is 0.481 e. The number of carboxylic acids is 1. The highest BCUT2D eigenvalue weighted by Gasteiger charge is 2.34. The molecule has 0 spiro atoms. The van der Waals surface area contributed by atoms with Gasteiger partial charge in [0.2, 0.25) is 0 Å². The van der Waals surface area contributed by atoms with Gasteiger partial charge in [-0.3, -0.25) is 14.3 Å². The third-order valence-corrected chi connectivity index (χ3v) is 3.06. The molecule has 1 saturated carbocycles. The first-order chi connectivity index (χ1) is 8.49. The van der Waals surface area contributed by atoms with Gasteiger partial charge in [-0.15, -0.1) is 0 Å². The Kier molecular flexibility index (Phi) is 3.36. The maximum atomic E-state index is 12.4. The highest BCUT2D eigenvalue weighted by molar-refractivity contribution is 5.95. The monoisotopic (exact) mass is 251 g/mol. The van der Waals surface area contributed by atoms with Crippen LogP contribution in [-0.4, -0.2) is 44.3 Å². The first-order valence-corrected chi connectivity index (χ1v) is 6.02. The van der Waals surface area contributed by atoms with Gasteiger partial charge in [-0.2, -0.15) is 5.10 Å². The summed E-state index contributed by atoms with van der Waals surface area (Å²) in [5.74, 6) is -0.985. The van der Waals surface area contributed by atoms with Gasteiger partial charge in [0.05, 0.1) is 17.7 Å². The normalized spacial score (nSPS) is 14.6. The van der Waals surface area contributed by atoms with Gasteiger partial charge in [0, 0.05) is 25.8 Å². The number of rotatable bonds is 5. The van der Waals surface area contributed by atoms with Crippen molar-refractivity contribution in [1.82, 2.24) is 14.7 Å². The lowest BCUT2D eigenvalue weighted by molar-refractivity contribution is -0.137. The molecular formula is C12H17N3O3. The molecule has 0 bridgehead atoms. The zero-order valence-corrected chi connectivity index (χ0v) is 10.6. The standard InChI is InChI=1S/C12H17N3O3/c1-8-10(7-14(2)13-8)12(18)15(9-3-4-9)6-5-11(16)17/h7,9H,3-6H2,1-2H3,(H,16,17). The Morgan fingerprint density at radius 3 is 2.67 bits per heavy atom. The van der Waals surface area contributed by atoms with Crippen LogP contribution in [-0.2, 0) is 11.8 Å². The Bertz CT molecular complexity index is 477. The fourth-order valence-electron chi connectivity index (χ4n) is 2.02. The minimum absolute atomic E-state index is 0.0124. The number of carboxylic acid groups (broad SMARTS) is 1. The minimum Gasteiger partial charge on any atom is -0.481 e. The minimum atomic E-state index is -0.878. The number of hydrogen-bond acceptors (Lipinski definition) is 3. The summed E-state index contributed by atoms with van der Waals surface area (Å²) in [6, 6.07) is 0.205. The van der Waals surface area contributed by atoms with Crippen molar-refractivity contribution in [1.29, 1.82) is 0 Å². The van der Waals surface area contributed by atoms with Gasteiger partial charge in [-0.05, 0) is 19.8 Å². The molecule has 0 aliphatic heterocycles. The highest BCUT2D eigenvalue weighted by atomic mass is 16.4. The Hall–Kier alpha value is -1.85. The molecule has 0 radical (unpaired) electrons. The molecule has 18 heavy (non-hydrogen) atoms. The third kappa shape index (κ3) is 2.69. The summed E-state index contributed by atoms with van der Waals surface area (Å²) in [5, 5.41) is 12.9. The van der Waals surface area contributed by atoms with Crippen LogP contribution in [0.1, 0.15) is 35.3 Å². The van der Waals surface area contributed by atoms with Crippen molar-refractivity contribution in [3.63, 3.8) is 0 Å². The van der Waals surface area contributed by atoms with E-state index in [1.807, 2.05) is 0 Å². The first-order valence-electron chi connectivity index (χ1n) is 6.02. The number of carbonyl (C=O) groups excluding carboxylic acids is 1. The van der Waals surface area contributed by atoms with Crippen molar-refractivity contribution in [3.8, 4) is 0 Å². The SMILES string of the molecule is Cc1nn(C)cc1C(=O)N(CCC(=O)O)C1CC1. The maximum Gasteiger partial charge on any atom is 0.305 e. The van der Waals surface area contributed by atoms with Crippen molar-refractivity contribution in [2.45, 2.75) is 32.2 Å². The summed E-state index contributed by atoms with van der Waals surface area (Å²) in [5.41, 5.74) is 1.25. The smallest absolute Gasteiger partial charge is 0.305 e. The van der Waals surface area contributed by atoms with E-state index >= 15 is 0 Å². The summed E-state index contributed by atoms with van der Waals surface area (Å²) in [4.78, 5) is 24.6. The van der Waals surface area contributed by atoms with Gasteiger partial charge >= 0.3 is 5.97 Å². The van der Waals surface area contributed by atoms with E-state index in [0.29, 0.717) is 11.3 Å². The zero-order valence-electron chi connectivity index (χ0n) is 10.6. The molecule has 1 aromatic heterocycles. The Labute approximate surface area is 105 Å². The predicted molar refractivity (Wildman–Crippen MR) is 64.3 cm³/mol. The van der Waals surface area contributed by atoms with E-state index in [4.69, 9.17) is 5.11 Å². The summed E-state index contributed by atoms with van der Waals surface area (Å²) < 4.78 is 1.60. The molecule has 6 nitrogen and oxygen atoms in total. The zero-order chi connectivity index (χ0) is 13.3. The van der Waals surface area contributed by atoms with Crippen LogP contribution in [0, 0.1) is 6.92 Å². The summed E-state index contributed by atoms with van der Waals surface area (Å²) in [6.45, 7) is 2.06. The van der Waals surface area contributed by atoms with Crippen LogP contribution in [0.5, 0.6) is 0 Å². The first kappa shape index (κ1) is 12.6. The third-order valence-electron chi connectivity index (χ3n) is 3.06. The molecule has 2 rings (SSSR count). The van der Waals surface area contributed by atoms with Crippen molar-refractivity contribution < 1.29 is 14.7 Å². The van der Waals surface area contributed by atoms with E-state index in [-0.39, 0.29) is 24.9 Å². The van der Waals surface area contributed by atoms with Crippen LogP contribution in [0.2, 0.25) is 0 Å². The van der Waals surface area contributed by atoms with Crippen molar-refractivity contribution in [3.05, 3.63) is 17.5 Å². The molecular weight excluding hydrogens is 234 g/mol. The van der Waals surface area contributed by atoms with Gasteiger partial charge in [-0.1, -0.05) is 0 Å². The highest BCUT2D eigenvalue weighted by Crippen LogP contribution is 2.28. The predicted octanol–water partition coefficient (Wildman–Crippen LogP) is 0.808. The molecule has 0 unspecified atom stereocenters. The van der Waals surface area contributed by atoms with E-state index in [9.17, 15) is 9.59 Å². The molecule has 1 aliphatic rings. The van der Waals surface area contributed by atoms with Crippen LogP contribution in [0.15, 0.2) is 6.20 Å². The Morgan fingerprint density at radius 1 is 1.56 bits per heavy atom. The van der Waals surface area contributed by atoms with Crippen LogP contribution in [0.4, 0.5) is 0 Å². The lowest BCUT2D eigenvalue weighted by Crippen LogP contribution is -2.35. The van der Waals surface area contributed by atoms with E-state index in [0.717, 1.165) is 12.8 Å². The van der Waals surface area contributed by atoms with Crippen molar-refractivity contribution >= 4 is 11.9 Å². The Balaban J connectivity index is 2.12. The number of nitrogens with zero attached hydrogens (tertiary/aromatic N) is 3. The molecule has 1 N–H and O–H groups in total. The molecule has 0 aromatic carbocycles. The second-order valence-corrected chi connectivity index (χ2v) is 4.68. The van der Waals surface area contributed by atoms with Crippen LogP contribution < -0.4 is 0 Å². The molecule has 0 saturated heterocycles. The van der Waals surface area contributed by atoms with E-state index in [2.05, 4.69) is 5.10 Å². The molecule has 1 aliphatic carbocycles. The summed E-state index contributed by atoms with van der Waals surface area (Å²) in [6.07, 6.45) is 3.60. The van der Waals surface area contributed by atoms with Gasteiger partial charge in [0.15, 0.2) is 0 Å². The van der Waals surface area contributed by atoms with Crippen molar-refractivity contribution in [2.24, 2.45) is 7.05 Å². The average Bonchev–Trinajstić information content (AvgIpc) is 3.04. The lowest BCUT2D eigenvalue weighted by atomic mass is 10.2. The lowest BCUT2D eigenvalue weighted by Gasteiger charge is -2.21. The summed E-state index contributed by atoms with van der Waals surface area (Å²) >= 11 is 0. The quantitative estimate of drug-likeness (QED) is 0.840. The number of aliphatic carboxylic acids is 1. The van der Waals surface area contributed by atoms with Crippen LogP contribution in [0.3, 0.4) is 0 Å². The molecule has 0 atom stereocenters. The van der Waals surface area contributed by atoms with E-state index in [1.54, 1.807) is 29.7 Å². The van der Waals surface area contributed by atoms with Crippen LogP contribution >= 0.6 is 0 Å². The van der Waals surface area contributed by atoms with E-state index in [1.165, 1.54) is 0 Å². The number of aryl methyl sites for hydroxylation is 2. The molecule has 1 amide bonds. The number of hydrogen-bond donors (Lipinski definition) is 1. The molecule has 98 valence electrons. The number of carbonyl (C=O) groups is 2. The number of aromatic nitrogens is 2. The van der Waals surface area contributed by atoms with Gasteiger partial charge in [-0.25, -0.2) is 0 Å². The van der Waals surface area contributed by atoms with Crippen molar-refractivity contribution in [2.75, 3.05) is 6.54 Å². The molecule has 1 aromatic rings. The summed E-state index contributed by atoms with van der Waals surface area (Å²) in [7, 11) is 1.77. The van der Waals surface area contributed by atoms with Crippen LogP contribution in [0.25, 0.3) is 0 Å². The second kappa shape index (κ2) is 4.80. The fourth-order valence-corrected chi connectivity index (χ4v) is 2.02. The molecule has 1 fully saturated rings. The topological polar surface area (TPSA) is 75.4 Å². The van der Waals surface area contributed by atoms with Gasteiger partial charge in [0.25, 0.3) is 5.91 Å². The number of amides is 1. The van der Waals surface area contributed by atoms with E-state index < -0.39 is 5.97 Å². The van der Waals surface area contributed by atoms with Gasteiger partial charge < -0.3 is 10.0 Å². The molecule has 6 heteroatoms. The maximum absolute atomic E-state index is 12.4. The molecule has 1 heterocycles.